The Hall–Kier alpha value is -1.27. The molecule has 1 aliphatic carbocycles. The topological polar surface area (TPSA) is 55.8 Å². The van der Waals surface area contributed by atoms with Gasteiger partial charge in [-0.1, -0.05) is 0 Å². The molecule has 116 valence electrons. The largest absolute Gasteiger partial charge is 0.497 e. The first-order valence-corrected chi connectivity index (χ1v) is 9.09. The van der Waals surface area contributed by atoms with Crippen LogP contribution in [0.2, 0.25) is 0 Å². The van der Waals surface area contributed by atoms with Crippen LogP contribution in [0.4, 0.5) is 0 Å². The van der Waals surface area contributed by atoms with E-state index < -0.39 is 10.0 Å². The van der Waals surface area contributed by atoms with E-state index in [1.807, 2.05) is 24.3 Å². The standard InChI is InChI=1S/C15H21NO4S/c1-19-13-5-7-14(8-6-13)20-10-15-11-3-4-12(9-11)16(15)21(2,17)18/h5-8,11-12,15H,3-4,9-10H2,1-2H3/t11?,12?,15-/m1/s1. The van der Waals surface area contributed by atoms with Crippen molar-refractivity contribution in [2.24, 2.45) is 5.92 Å². The molecule has 6 heteroatoms. The minimum atomic E-state index is -3.16. The fraction of sp³-hybridized carbons (Fsp3) is 0.600. The van der Waals surface area contributed by atoms with E-state index in [1.54, 1.807) is 11.4 Å². The molecule has 2 bridgehead atoms. The first-order valence-electron chi connectivity index (χ1n) is 7.24. The first-order chi connectivity index (χ1) is 9.99. The van der Waals surface area contributed by atoms with Crippen molar-refractivity contribution in [1.82, 2.24) is 4.31 Å². The van der Waals surface area contributed by atoms with Gasteiger partial charge in [-0.05, 0) is 49.4 Å². The van der Waals surface area contributed by atoms with E-state index in [1.165, 1.54) is 6.26 Å². The predicted molar refractivity (Wildman–Crippen MR) is 80.1 cm³/mol. The number of fused-ring (bicyclic) bond motifs is 2. The second-order valence-electron chi connectivity index (χ2n) is 5.87. The first kappa shape index (κ1) is 14.7. The van der Waals surface area contributed by atoms with Crippen LogP contribution >= 0.6 is 0 Å². The van der Waals surface area contributed by atoms with Gasteiger partial charge in [0.15, 0.2) is 0 Å². The Morgan fingerprint density at radius 2 is 1.86 bits per heavy atom. The SMILES string of the molecule is COc1ccc(OC[C@@H]2C3CCC(C3)N2S(C)(=O)=O)cc1. The van der Waals surface area contributed by atoms with Crippen LogP contribution in [0.15, 0.2) is 24.3 Å². The summed E-state index contributed by atoms with van der Waals surface area (Å²) in [6.45, 7) is 0.417. The molecule has 1 aromatic rings. The van der Waals surface area contributed by atoms with Gasteiger partial charge in [0.2, 0.25) is 10.0 Å². The Bertz CT molecular complexity index is 599. The molecule has 1 saturated heterocycles. The van der Waals surface area contributed by atoms with Gasteiger partial charge >= 0.3 is 0 Å². The van der Waals surface area contributed by atoms with Crippen LogP contribution < -0.4 is 9.47 Å². The second kappa shape index (κ2) is 5.50. The van der Waals surface area contributed by atoms with Crippen LogP contribution in [0.25, 0.3) is 0 Å². The van der Waals surface area contributed by atoms with Gasteiger partial charge in [0.05, 0.1) is 19.4 Å². The highest BCUT2D eigenvalue weighted by Gasteiger charge is 2.50. The Labute approximate surface area is 125 Å². The Morgan fingerprint density at radius 1 is 1.19 bits per heavy atom. The zero-order valence-corrected chi connectivity index (χ0v) is 13.2. The number of benzene rings is 1. The smallest absolute Gasteiger partial charge is 0.211 e. The van der Waals surface area contributed by atoms with Crippen LogP contribution in [0.5, 0.6) is 11.5 Å². The summed E-state index contributed by atoms with van der Waals surface area (Å²) in [5.41, 5.74) is 0. The lowest BCUT2D eigenvalue weighted by Crippen LogP contribution is -2.47. The van der Waals surface area contributed by atoms with Gasteiger partial charge in [-0.2, -0.15) is 4.31 Å². The molecular formula is C15H21NO4S. The molecule has 1 aromatic carbocycles. The van der Waals surface area contributed by atoms with Crippen molar-refractivity contribution >= 4 is 10.0 Å². The van der Waals surface area contributed by atoms with Crippen molar-refractivity contribution < 1.29 is 17.9 Å². The van der Waals surface area contributed by atoms with E-state index in [-0.39, 0.29) is 12.1 Å². The molecule has 0 N–H and O–H groups in total. The number of sulfonamides is 1. The summed E-state index contributed by atoms with van der Waals surface area (Å²) in [6.07, 6.45) is 4.36. The molecule has 0 radical (unpaired) electrons. The third-order valence-corrected chi connectivity index (χ3v) is 5.87. The number of rotatable bonds is 5. The molecule has 3 rings (SSSR count). The predicted octanol–water partition coefficient (Wildman–Crippen LogP) is 1.89. The molecule has 0 aromatic heterocycles. The summed E-state index contributed by atoms with van der Waals surface area (Å²) in [4.78, 5) is 0. The maximum atomic E-state index is 12.0. The van der Waals surface area contributed by atoms with Gasteiger partial charge in [-0.3, -0.25) is 0 Å². The third-order valence-electron chi connectivity index (χ3n) is 4.54. The Balaban J connectivity index is 1.68. The van der Waals surface area contributed by atoms with Crippen molar-refractivity contribution in [1.29, 1.82) is 0 Å². The van der Waals surface area contributed by atoms with Gasteiger partial charge in [-0.15, -0.1) is 0 Å². The maximum absolute atomic E-state index is 12.0. The zero-order chi connectivity index (χ0) is 15.0. The molecule has 3 atom stereocenters. The molecule has 1 heterocycles. The van der Waals surface area contributed by atoms with Crippen molar-refractivity contribution in [3.63, 3.8) is 0 Å². The lowest BCUT2D eigenvalue weighted by atomic mass is 10.0. The second-order valence-corrected chi connectivity index (χ2v) is 7.76. The monoisotopic (exact) mass is 311 g/mol. The minimum absolute atomic E-state index is 0.0270. The van der Waals surface area contributed by atoms with Gasteiger partial charge in [0.25, 0.3) is 0 Å². The van der Waals surface area contributed by atoms with E-state index in [9.17, 15) is 8.42 Å². The minimum Gasteiger partial charge on any atom is -0.497 e. The summed E-state index contributed by atoms with van der Waals surface area (Å²) in [6, 6.07) is 7.51. The van der Waals surface area contributed by atoms with Gasteiger partial charge in [0, 0.05) is 6.04 Å². The fourth-order valence-corrected chi connectivity index (χ4v) is 5.09. The molecule has 21 heavy (non-hydrogen) atoms. The zero-order valence-electron chi connectivity index (χ0n) is 12.4. The fourth-order valence-electron chi connectivity index (χ4n) is 3.63. The number of methoxy groups -OCH3 is 1. The van der Waals surface area contributed by atoms with E-state index in [2.05, 4.69) is 0 Å². The summed E-state index contributed by atoms with van der Waals surface area (Å²) in [5.74, 6) is 1.95. The van der Waals surface area contributed by atoms with Crippen molar-refractivity contribution in [3.05, 3.63) is 24.3 Å². The van der Waals surface area contributed by atoms with Gasteiger partial charge in [0.1, 0.15) is 18.1 Å². The average Bonchev–Trinajstić information content (AvgIpc) is 3.05. The molecule has 1 aliphatic heterocycles. The molecule has 0 spiro atoms. The molecular weight excluding hydrogens is 290 g/mol. The lowest BCUT2D eigenvalue weighted by Gasteiger charge is -2.33. The highest BCUT2D eigenvalue weighted by atomic mass is 32.2. The van der Waals surface area contributed by atoms with E-state index in [4.69, 9.17) is 9.47 Å². The van der Waals surface area contributed by atoms with Crippen LogP contribution in [-0.4, -0.2) is 44.8 Å². The number of ether oxygens (including phenoxy) is 2. The van der Waals surface area contributed by atoms with Crippen LogP contribution in [-0.2, 0) is 10.0 Å². The summed E-state index contributed by atoms with van der Waals surface area (Å²) in [7, 11) is -1.54. The summed E-state index contributed by atoms with van der Waals surface area (Å²) in [5, 5.41) is 0. The number of hydrogen-bond acceptors (Lipinski definition) is 4. The number of nitrogens with zero attached hydrogens (tertiary/aromatic N) is 1. The molecule has 2 unspecified atom stereocenters. The molecule has 2 aliphatic rings. The molecule has 2 fully saturated rings. The third kappa shape index (κ3) is 2.87. The lowest BCUT2D eigenvalue weighted by molar-refractivity contribution is 0.163. The highest BCUT2D eigenvalue weighted by molar-refractivity contribution is 7.88. The van der Waals surface area contributed by atoms with Crippen LogP contribution in [0, 0.1) is 5.92 Å². The Kier molecular flexibility index (Phi) is 3.84. The van der Waals surface area contributed by atoms with Crippen LogP contribution in [0.3, 0.4) is 0 Å². The van der Waals surface area contributed by atoms with E-state index in [0.717, 1.165) is 30.8 Å². The number of piperidine rings is 1. The van der Waals surface area contributed by atoms with Crippen molar-refractivity contribution in [2.45, 2.75) is 31.3 Å². The number of hydrogen-bond donors (Lipinski definition) is 0. The van der Waals surface area contributed by atoms with Gasteiger partial charge < -0.3 is 9.47 Å². The average molecular weight is 311 g/mol. The van der Waals surface area contributed by atoms with Crippen molar-refractivity contribution in [2.75, 3.05) is 20.0 Å². The molecule has 0 amide bonds. The van der Waals surface area contributed by atoms with E-state index >= 15 is 0 Å². The van der Waals surface area contributed by atoms with E-state index in [0.29, 0.717) is 12.5 Å². The summed E-state index contributed by atoms with van der Waals surface area (Å²) < 4.78 is 36.5. The maximum Gasteiger partial charge on any atom is 0.211 e. The highest BCUT2D eigenvalue weighted by Crippen LogP contribution is 2.43. The normalized spacial score (nSPS) is 28.8. The van der Waals surface area contributed by atoms with Crippen molar-refractivity contribution in [3.8, 4) is 11.5 Å². The quantitative estimate of drug-likeness (QED) is 0.833. The molecule has 1 saturated carbocycles. The Morgan fingerprint density at radius 3 is 2.48 bits per heavy atom. The van der Waals surface area contributed by atoms with Crippen LogP contribution in [0.1, 0.15) is 19.3 Å². The molecule has 5 nitrogen and oxygen atoms in total. The summed E-state index contributed by atoms with van der Waals surface area (Å²) >= 11 is 0. The van der Waals surface area contributed by atoms with Gasteiger partial charge in [-0.25, -0.2) is 8.42 Å².